The van der Waals surface area contributed by atoms with Gasteiger partial charge in [-0.2, -0.15) is 0 Å². The Morgan fingerprint density at radius 3 is 2.32 bits per heavy atom. The van der Waals surface area contributed by atoms with Crippen molar-refractivity contribution in [2.24, 2.45) is 5.41 Å². The molecule has 1 heterocycles. The lowest BCUT2D eigenvalue weighted by Gasteiger charge is -2.40. The molecule has 2 aromatic rings. The second-order valence-electron chi connectivity index (χ2n) is 11.1. The molecule has 1 saturated heterocycles. The van der Waals surface area contributed by atoms with E-state index in [1.807, 2.05) is 19.1 Å². The van der Waals surface area contributed by atoms with Gasteiger partial charge >= 0.3 is 6.09 Å². The molecule has 2 aromatic carbocycles. The van der Waals surface area contributed by atoms with E-state index in [4.69, 9.17) is 9.57 Å². The number of carbonyl (C=O) groups is 4. The Hall–Kier alpha value is -3.99. The van der Waals surface area contributed by atoms with Gasteiger partial charge in [0.2, 0.25) is 18.2 Å². The van der Waals surface area contributed by atoms with Gasteiger partial charge < -0.3 is 15.0 Å². The number of carbonyl (C=O) groups excluding carboxylic acids is 4. The molecule has 1 aliphatic heterocycles. The zero-order valence-corrected chi connectivity index (χ0v) is 24.1. The Balaban J connectivity index is 1.67. The summed E-state index contributed by atoms with van der Waals surface area (Å²) in [5, 5.41) is 6.40. The van der Waals surface area contributed by atoms with E-state index in [1.165, 1.54) is 6.07 Å². The molecule has 3 rings (SSSR count). The van der Waals surface area contributed by atoms with Crippen LogP contribution in [0.2, 0.25) is 0 Å². The van der Waals surface area contributed by atoms with E-state index in [2.05, 4.69) is 10.6 Å². The Kier molecular flexibility index (Phi) is 10.8. The van der Waals surface area contributed by atoms with Crippen LogP contribution in [-0.4, -0.2) is 66.1 Å². The molecule has 0 atom stereocenters. The summed E-state index contributed by atoms with van der Waals surface area (Å²) < 4.78 is 19.7. The standard InChI is InChI=1S/C30H39FN4O6/c1-5-22-10-12-24(13-11-22)33-28(39)40-20-30(27(38)32-18-23-8-6-7-9-25(23)31)14-16-34(17-15-30)26(37)19-35(21-36)41-29(2,3)4/h6-13,21H,5,14-20H2,1-4H3,(H,32,38)(H,33,39). The van der Waals surface area contributed by atoms with E-state index < -0.39 is 28.8 Å². The molecule has 0 aromatic heterocycles. The van der Waals surface area contributed by atoms with Gasteiger partial charge in [-0.15, -0.1) is 0 Å². The maximum atomic E-state index is 14.2. The van der Waals surface area contributed by atoms with Crippen molar-refractivity contribution >= 4 is 30.0 Å². The van der Waals surface area contributed by atoms with Crippen LogP contribution in [0, 0.1) is 11.2 Å². The maximum Gasteiger partial charge on any atom is 0.411 e. The Morgan fingerprint density at radius 1 is 1.07 bits per heavy atom. The van der Waals surface area contributed by atoms with Crippen molar-refractivity contribution in [2.45, 2.75) is 59.1 Å². The van der Waals surface area contributed by atoms with Crippen LogP contribution in [-0.2, 0) is 36.9 Å². The number of nitrogens with zero attached hydrogens (tertiary/aromatic N) is 2. The summed E-state index contributed by atoms with van der Waals surface area (Å²) in [5.41, 5.74) is 0.202. The summed E-state index contributed by atoms with van der Waals surface area (Å²) in [6.45, 7) is 7.16. The number of halogens is 1. The zero-order chi connectivity index (χ0) is 30.0. The van der Waals surface area contributed by atoms with Gasteiger partial charge in [0, 0.05) is 30.9 Å². The van der Waals surface area contributed by atoms with Crippen LogP contribution in [0.5, 0.6) is 0 Å². The summed E-state index contributed by atoms with van der Waals surface area (Å²) in [6, 6.07) is 13.5. The lowest BCUT2D eigenvalue weighted by molar-refractivity contribution is -0.217. The van der Waals surface area contributed by atoms with E-state index in [0.717, 1.165) is 17.0 Å². The molecule has 1 fully saturated rings. The molecule has 41 heavy (non-hydrogen) atoms. The number of aryl methyl sites for hydroxylation is 1. The van der Waals surface area contributed by atoms with E-state index in [-0.39, 0.29) is 51.5 Å². The first-order valence-corrected chi connectivity index (χ1v) is 13.7. The molecular formula is C30H39FN4O6. The fraction of sp³-hybridized carbons (Fsp3) is 0.467. The zero-order valence-electron chi connectivity index (χ0n) is 24.1. The molecule has 0 radical (unpaired) electrons. The predicted octanol–water partition coefficient (Wildman–Crippen LogP) is 4.05. The Labute approximate surface area is 240 Å². The normalized spacial score (nSPS) is 14.6. The monoisotopic (exact) mass is 570 g/mol. The minimum absolute atomic E-state index is 0.0374. The molecule has 0 bridgehead atoms. The van der Waals surface area contributed by atoms with E-state index in [9.17, 15) is 23.6 Å². The minimum Gasteiger partial charge on any atom is -0.448 e. The summed E-state index contributed by atoms with van der Waals surface area (Å²) in [4.78, 5) is 57.4. The maximum absolute atomic E-state index is 14.2. The summed E-state index contributed by atoms with van der Waals surface area (Å²) in [7, 11) is 0. The highest BCUT2D eigenvalue weighted by molar-refractivity contribution is 5.87. The topological polar surface area (TPSA) is 117 Å². The van der Waals surface area contributed by atoms with Crippen LogP contribution in [0.1, 0.15) is 51.7 Å². The molecule has 0 aliphatic carbocycles. The number of anilines is 1. The van der Waals surface area contributed by atoms with Crippen LogP contribution < -0.4 is 10.6 Å². The van der Waals surface area contributed by atoms with E-state index in [1.54, 1.807) is 56.0 Å². The second-order valence-corrected chi connectivity index (χ2v) is 11.1. The van der Waals surface area contributed by atoms with Crippen molar-refractivity contribution in [1.29, 1.82) is 0 Å². The fourth-order valence-corrected chi connectivity index (χ4v) is 4.48. The van der Waals surface area contributed by atoms with Gasteiger partial charge in [-0.1, -0.05) is 37.3 Å². The molecule has 0 spiro atoms. The molecule has 0 saturated carbocycles. The molecule has 10 nitrogen and oxygen atoms in total. The number of hydrogen-bond donors (Lipinski definition) is 2. The number of hydrogen-bond acceptors (Lipinski definition) is 6. The number of rotatable bonds is 11. The van der Waals surface area contributed by atoms with Crippen molar-refractivity contribution in [3.05, 3.63) is 65.5 Å². The largest absolute Gasteiger partial charge is 0.448 e. The van der Waals surface area contributed by atoms with Crippen molar-refractivity contribution in [3.63, 3.8) is 0 Å². The predicted molar refractivity (Wildman–Crippen MR) is 151 cm³/mol. The molecule has 1 aliphatic rings. The van der Waals surface area contributed by atoms with Crippen LogP contribution >= 0.6 is 0 Å². The third-order valence-electron chi connectivity index (χ3n) is 6.84. The first-order valence-electron chi connectivity index (χ1n) is 13.7. The van der Waals surface area contributed by atoms with Crippen LogP contribution in [0.15, 0.2) is 48.5 Å². The van der Waals surface area contributed by atoms with Crippen LogP contribution in [0.25, 0.3) is 0 Å². The van der Waals surface area contributed by atoms with Crippen molar-refractivity contribution in [2.75, 3.05) is 31.6 Å². The quantitative estimate of drug-likeness (QED) is 0.311. The molecule has 4 amide bonds. The first-order chi connectivity index (χ1) is 19.4. The third-order valence-corrected chi connectivity index (χ3v) is 6.84. The SMILES string of the molecule is CCc1ccc(NC(=O)OCC2(C(=O)NCc3ccccc3F)CCN(C(=O)CN(C=O)OC(C)(C)C)CC2)cc1. The molecular weight excluding hydrogens is 531 g/mol. The smallest absolute Gasteiger partial charge is 0.411 e. The van der Waals surface area contributed by atoms with Gasteiger partial charge in [-0.25, -0.2) is 14.2 Å². The first kappa shape index (κ1) is 31.5. The van der Waals surface area contributed by atoms with Crippen molar-refractivity contribution in [3.8, 4) is 0 Å². The highest BCUT2D eigenvalue weighted by atomic mass is 19.1. The van der Waals surface area contributed by atoms with E-state index in [0.29, 0.717) is 17.7 Å². The average Bonchev–Trinajstić information content (AvgIpc) is 2.95. The van der Waals surface area contributed by atoms with Gasteiger partial charge in [0.15, 0.2) is 0 Å². The van der Waals surface area contributed by atoms with Gasteiger partial charge in [0.1, 0.15) is 19.0 Å². The van der Waals surface area contributed by atoms with E-state index >= 15 is 0 Å². The van der Waals surface area contributed by atoms with Crippen molar-refractivity contribution in [1.82, 2.24) is 15.3 Å². The molecule has 222 valence electrons. The number of likely N-dealkylation sites (tertiary alicyclic amines) is 1. The summed E-state index contributed by atoms with van der Waals surface area (Å²) >= 11 is 0. The second kappa shape index (κ2) is 14.1. The number of ether oxygens (including phenoxy) is 1. The average molecular weight is 571 g/mol. The van der Waals surface area contributed by atoms with Gasteiger partial charge in [-0.05, 0) is 63.8 Å². The number of nitrogens with one attached hydrogen (secondary N) is 2. The number of hydroxylamine groups is 2. The van der Waals surface area contributed by atoms with Crippen molar-refractivity contribution < 1.29 is 33.1 Å². The molecule has 0 unspecified atom stereocenters. The van der Waals surface area contributed by atoms with Gasteiger partial charge in [-0.3, -0.25) is 24.5 Å². The molecule has 2 N–H and O–H groups in total. The lowest BCUT2D eigenvalue weighted by atomic mass is 9.78. The minimum atomic E-state index is -1.14. The van der Waals surface area contributed by atoms with Gasteiger partial charge in [0.25, 0.3) is 0 Å². The fourth-order valence-electron chi connectivity index (χ4n) is 4.48. The van der Waals surface area contributed by atoms with Gasteiger partial charge in [0.05, 0.1) is 11.0 Å². The number of amides is 4. The highest BCUT2D eigenvalue weighted by Gasteiger charge is 2.44. The third kappa shape index (κ3) is 9.28. The Bertz CT molecular complexity index is 1210. The summed E-state index contributed by atoms with van der Waals surface area (Å²) in [5.74, 6) is -1.18. The molecule has 11 heteroatoms. The number of benzene rings is 2. The summed E-state index contributed by atoms with van der Waals surface area (Å²) in [6.07, 6.45) is 1.000. The highest BCUT2D eigenvalue weighted by Crippen LogP contribution is 2.33. The van der Waals surface area contributed by atoms with Crippen LogP contribution in [0.3, 0.4) is 0 Å². The number of piperidine rings is 1. The van der Waals surface area contributed by atoms with Crippen LogP contribution in [0.4, 0.5) is 14.9 Å². The Morgan fingerprint density at radius 2 is 1.73 bits per heavy atom. The lowest BCUT2D eigenvalue weighted by Crippen LogP contribution is -2.54.